The van der Waals surface area contributed by atoms with E-state index in [2.05, 4.69) is 21.3 Å². The van der Waals surface area contributed by atoms with Gasteiger partial charge >= 0.3 is 6.03 Å². The molecule has 0 saturated carbocycles. The molecule has 15 heteroatoms. The average molecular weight is 731 g/mol. The maximum atomic E-state index is 14.0. The second-order valence-electron chi connectivity index (χ2n) is 16.2. The van der Waals surface area contributed by atoms with Crippen LogP contribution < -0.4 is 21.3 Å². The van der Waals surface area contributed by atoms with E-state index in [1.165, 1.54) is 28.8 Å². The number of carbonyl (C=O) groups is 4. The van der Waals surface area contributed by atoms with Crippen LogP contribution in [0.15, 0.2) is 18.2 Å². The molecule has 1 saturated heterocycles. The lowest BCUT2D eigenvalue weighted by Crippen LogP contribution is -2.62. The highest BCUT2D eigenvalue weighted by atomic mass is 32.3. The van der Waals surface area contributed by atoms with Gasteiger partial charge in [0.15, 0.2) is 0 Å². The van der Waals surface area contributed by atoms with Crippen LogP contribution in [0.5, 0.6) is 0 Å². The van der Waals surface area contributed by atoms with Crippen molar-refractivity contribution in [2.24, 2.45) is 10.8 Å². The molecule has 0 aliphatic carbocycles. The second kappa shape index (κ2) is 16.4. The van der Waals surface area contributed by atoms with Crippen molar-refractivity contribution in [3.63, 3.8) is 0 Å². The number of alkyl halides is 2. The van der Waals surface area contributed by atoms with Gasteiger partial charge in [0.25, 0.3) is 0 Å². The lowest BCUT2D eigenvalue weighted by molar-refractivity contribution is -0.142. The van der Waals surface area contributed by atoms with Crippen molar-refractivity contribution in [3.05, 3.63) is 34.9 Å². The minimum Gasteiger partial charge on any atom is -0.354 e. The molecular formula is C35H60F2N6O6S. The predicted molar refractivity (Wildman–Crippen MR) is 193 cm³/mol. The maximum absolute atomic E-state index is 14.0. The van der Waals surface area contributed by atoms with Gasteiger partial charge in [0.05, 0.1) is 0 Å². The van der Waals surface area contributed by atoms with Crippen LogP contribution in [-0.4, -0.2) is 112 Å². The van der Waals surface area contributed by atoms with Crippen molar-refractivity contribution in [3.8, 4) is 0 Å². The van der Waals surface area contributed by atoms with Gasteiger partial charge in [-0.15, -0.1) is 9.53 Å². The van der Waals surface area contributed by atoms with E-state index in [1.54, 1.807) is 20.8 Å². The Morgan fingerprint density at radius 3 is 2.14 bits per heavy atom. The van der Waals surface area contributed by atoms with Crippen LogP contribution >= 0.6 is 0 Å². The zero-order chi connectivity index (χ0) is 38.4. The number of nitrogens with one attached hydrogen (secondary N) is 4. The molecule has 0 bridgehead atoms. The Bertz CT molecular complexity index is 1440. The molecule has 1 aliphatic heterocycles. The molecule has 5 amide bonds. The Labute approximate surface area is 296 Å². The zero-order valence-corrected chi connectivity index (χ0v) is 32.4. The molecule has 12 nitrogen and oxygen atoms in total. The first-order chi connectivity index (χ1) is 22.7. The number of likely N-dealkylation sites (N-methyl/N-ethyl adjacent to an activating group) is 1. The van der Waals surface area contributed by atoms with E-state index in [1.807, 2.05) is 52.8 Å². The first-order valence-electron chi connectivity index (χ1n) is 17.1. The number of likely N-dealkylation sites (tertiary alicyclic amines) is 1. The van der Waals surface area contributed by atoms with E-state index in [0.717, 1.165) is 16.7 Å². The molecule has 0 radical (unpaired) electrons. The summed E-state index contributed by atoms with van der Waals surface area (Å²) in [6, 6.07) is 1.02. The smallest absolute Gasteiger partial charge is 0.315 e. The third-order valence-electron chi connectivity index (χ3n) is 9.24. The summed E-state index contributed by atoms with van der Waals surface area (Å²) in [4.78, 5) is 55.2. The van der Waals surface area contributed by atoms with Gasteiger partial charge in [-0.1, -0.05) is 59.7 Å². The number of halogens is 2. The highest BCUT2D eigenvalue weighted by molar-refractivity contribution is 8.11. The van der Waals surface area contributed by atoms with Crippen molar-refractivity contribution in [1.82, 2.24) is 30.5 Å². The molecule has 50 heavy (non-hydrogen) atoms. The van der Waals surface area contributed by atoms with Crippen LogP contribution in [0.3, 0.4) is 0 Å². The van der Waals surface area contributed by atoms with Crippen molar-refractivity contribution in [1.29, 1.82) is 0 Å². The summed E-state index contributed by atoms with van der Waals surface area (Å²) in [7, 11) is -2.59. The largest absolute Gasteiger partial charge is 0.354 e. The molecule has 0 unspecified atom stereocenters. The summed E-state index contributed by atoms with van der Waals surface area (Å²) in [6.45, 7) is 15.3. The van der Waals surface area contributed by atoms with Crippen LogP contribution in [0.2, 0.25) is 0 Å². The molecule has 2 rings (SSSR count). The SMILES string of the molecule is Cc1ccc(CCNC(=O)[C@H](CC(F)F)NC(=O)[C@@H]2CCCN2C(=O)[C@@H](NC(=O)N[C@H](CN(C)S(C)(C)(=O)O)C(C)(C)C)C(C)(C)C)cc1C. The van der Waals surface area contributed by atoms with Crippen LogP contribution in [0.1, 0.15) is 77.5 Å². The molecule has 4 atom stereocenters. The van der Waals surface area contributed by atoms with Crippen LogP contribution in [-0.2, 0) is 30.3 Å². The number of hydrogen-bond donors (Lipinski definition) is 5. The van der Waals surface area contributed by atoms with Crippen molar-refractivity contribution < 1.29 is 36.7 Å². The third kappa shape index (κ3) is 12.9. The minimum absolute atomic E-state index is 0.0489. The summed E-state index contributed by atoms with van der Waals surface area (Å²) >= 11 is 0. The molecule has 1 aromatic carbocycles. The zero-order valence-electron chi connectivity index (χ0n) is 31.6. The molecular weight excluding hydrogens is 670 g/mol. The molecule has 1 fully saturated rings. The summed E-state index contributed by atoms with van der Waals surface area (Å²) in [5.41, 5.74) is 1.87. The Kier molecular flexibility index (Phi) is 14.1. The predicted octanol–water partition coefficient (Wildman–Crippen LogP) is 3.62. The first kappa shape index (κ1) is 43.0. The normalized spacial score (nSPS) is 18.2. The number of hydrogen-bond acceptors (Lipinski definition) is 5. The number of rotatable bonds is 14. The van der Waals surface area contributed by atoms with Gasteiger partial charge in [-0.3, -0.25) is 18.9 Å². The fourth-order valence-corrected chi connectivity index (χ4v) is 6.12. The Morgan fingerprint density at radius 2 is 1.62 bits per heavy atom. The summed E-state index contributed by atoms with van der Waals surface area (Å²) in [5.74, 6) is -1.99. The van der Waals surface area contributed by atoms with Crippen LogP contribution in [0.25, 0.3) is 0 Å². The second-order valence-corrected chi connectivity index (χ2v) is 20.2. The van der Waals surface area contributed by atoms with Crippen molar-refractivity contribution in [2.45, 2.75) is 112 Å². The average Bonchev–Trinajstić information content (AvgIpc) is 3.45. The molecule has 1 aromatic rings. The molecule has 286 valence electrons. The Balaban J connectivity index is 2.17. The number of benzene rings is 1. The number of amides is 5. The highest BCUT2D eigenvalue weighted by Crippen LogP contribution is 2.27. The van der Waals surface area contributed by atoms with Crippen LogP contribution in [0, 0.1) is 24.7 Å². The van der Waals surface area contributed by atoms with Gasteiger partial charge in [0.1, 0.15) is 18.1 Å². The van der Waals surface area contributed by atoms with Gasteiger partial charge < -0.3 is 26.2 Å². The summed E-state index contributed by atoms with van der Waals surface area (Å²) < 4.78 is 51.6. The van der Waals surface area contributed by atoms with Gasteiger partial charge in [-0.2, -0.15) is 4.21 Å². The molecule has 1 heterocycles. The van der Waals surface area contributed by atoms with Crippen molar-refractivity contribution >= 4 is 33.3 Å². The summed E-state index contributed by atoms with van der Waals surface area (Å²) in [6.07, 6.45) is -0.101. The minimum atomic E-state index is -4.09. The van der Waals surface area contributed by atoms with E-state index in [-0.39, 0.29) is 26.1 Å². The molecule has 1 aliphatic rings. The third-order valence-corrected chi connectivity index (χ3v) is 11.2. The molecule has 0 spiro atoms. The quantitative estimate of drug-likeness (QED) is 0.197. The monoisotopic (exact) mass is 730 g/mol. The highest BCUT2D eigenvalue weighted by Gasteiger charge is 2.43. The Morgan fingerprint density at radius 1 is 1.00 bits per heavy atom. The lowest BCUT2D eigenvalue weighted by Gasteiger charge is -2.46. The standard InChI is InChI=1S/C35H60F2N6O6S/c1-22-14-15-24(19-23(22)2)16-17-38-30(44)25(20-28(36)37)39-31(45)26-13-12-18-43(26)32(46)29(35(6,7)8)41-33(47)40-27(34(3,4)5)21-42(9)50(10,11,48)49/h14-15,19,25-29H,12-13,16-18,20-21H2,1-11H3,(H,38,44)(H,39,45)(H,48,49)(H2,40,41,47)/t25-,26-,27+,29+/m0/s1. The fourth-order valence-electron chi connectivity index (χ4n) is 5.54. The van der Waals surface area contributed by atoms with Gasteiger partial charge in [0.2, 0.25) is 24.1 Å². The lowest BCUT2D eigenvalue weighted by atomic mass is 9.85. The van der Waals surface area contributed by atoms with Gasteiger partial charge in [0, 0.05) is 51.7 Å². The molecule has 0 aromatic heterocycles. The number of carbonyl (C=O) groups excluding carboxylic acids is 4. The topological polar surface area (TPSA) is 160 Å². The van der Waals surface area contributed by atoms with E-state index in [9.17, 15) is 36.7 Å². The Hall–Kier alpha value is -3.17. The van der Waals surface area contributed by atoms with E-state index >= 15 is 0 Å². The van der Waals surface area contributed by atoms with Gasteiger partial charge in [-0.05, 0) is 60.6 Å². The maximum Gasteiger partial charge on any atom is 0.315 e. The van der Waals surface area contributed by atoms with E-state index in [0.29, 0.717) is 12.8 Å². The number of urea groups is 1. The number of aryl methyl sites for hydroxylation is 2. The van der Waals surface area contributed by atoms with Crippen LogP contribution in [0.4, 0.5) is 13.6 Å². The fraction of sp³-hybridized carbons (Fsp3) is 0.714. The van der Waals surface area contributed by atoms with Crippen molar-refractivity contribution in [2.75, 3.05) is 39.2 Å². The van der Waals surface area contributed by atoms with Gasteiger partial charge in [-0.25, -0.2) is 17.9 Å². The molecule has 5 N–H and O–H groups in total. The first-order valence-corrected chi connectivity index (χ1v) is 19.7. The van der Waals surface area contributed by atoms with E-state index < -0.39 is 81.1 Å². The number of nitrogens with zero attached hydrogens (tertiary/aromatic N) is 2. The summed E-state index contributed by atoms with van der Waals surface area (Å²) in [5, 5.41) is 10.7. The van der Waals surface area contributed by atoms with E-state index in [4.69, 9.17) is 0 Å².